The molecule has 0 bridgehead atoms. The summed E-state index contributed by atoms with van der Waals surface area (Å²) in [7, 11) is -3.81. The van der Waals surface area contributed by atoms with Crippen LogP contribution in [-0.2, 0) is 10.1 Å². The topological polar surface area (TPSA) is 60.9 Å². The lowest BCUT2D eigenvalue weighted by atomic mass is 10.4. The third-order valence-corrected chi connectivity index (χ3v) is 3.49. The molecule has 1 fully saturated rings. The maximum Gasteiger partial charge on any atom is 0.266 e. The molecule has 0 radical (unpaired) electrons. The molecule has 1 aliphatic heterocycles. The van der Waals surface area contributed by atoms with Crippen LogP contribution in [0.2, 0.25) is 0 Å². The molecule has 0 spiro atoms. The first-order valence-corrected chi connectivity index (χ1v) is 7.02. The van der Waals surface area contributed by atoms with Gasteiger partial charge in [0.2, 0.25) is 0 Å². The summed E-state index contributed by atoms with van der Waals surface area (Å²) in [5.74, 6) is -0.154. The van der Waals surface area contributed by atoms with Crippen molar-refractivity contribution < 1.29 is 13.0 Å². The third-order valence-electron chi connectivity index (χ3n) is 2.79. The van der Waals surface area contributed by atoms with Crippen molar-refractivity contribution in [3.05, 3.63) is 0 Å². The molecule has 90 valence electrons. The van der Waals surface area contributed by atoms with Crippen LogP contribution in [0.5, 0.6) is 0 Å². The predicted molar refractivity (Wildman–Crippen MR) is 59.6 cm³/mol. The minimum absolute atomic E-state index is 0.154. The maximum absolute atomic E-state index is 10.6. The minimum Gasteiger partial charge on any atom is -0.302 e. The predicted octanol–water partition coefficient (Wildman–Crippen LogP) is -0.0982. The maximum atomic E-state index is 10.6. The van der Waals surface area contributed by atoms with Crippen LogP contribution in [-0.4, -0.2) is 67.8 Å². The average Bonchev–Trinajstić information content (AvgIpc) is 2.38. The van der Waals surface area contributed by atoms with Crippen molar-refractivity contribution in [2.24, 2.45) is 0 Å². The smallest absolute Gasteiger partial charge is 0.266 e. The van der Waals surface area contributed by atoms with Gasteiger partial charge >= 0.3 is 0 Å². The zero-order chi connectivity index (χ0) is 11.3. The van der Waals surface area contributed by atoms with Gasteiger partial charge in [0.25, 0.3) is 10.1 Å². The highest BCUT2D eigenvalue weighted by atomic mass is 32.2. The molecular weight excluding hydrogens is 216 g/mol. The van der Waals surface area contributed by atoms with Gasteiger partial charge in [-0.2, -0.15) is 8.42 Å². The minimum atomic E-state index is -3.81. The van der Waals surface area contributed by atoms with Crippen LogP contribution in [0.15, 0.2) is 0 Å². The zero-order valence-electron chi connectivity index (χ0n) is 9.22. The monoisotopic (exact) mass is 236 g/mol. The SMILES string of the molecule is CCN1CCCN(CCS(=O)(=O)O)CC1. The van der Waals surface area contributed by atoms with Crippen molar-refractivity contribution in [3.63, 3.8) is 0 Å². The van der Waals surface area contributed by atoms with Gasteiger partial charge in [0.1, 0.15) is 0 Å². The van der Waals surface area contributed by atoms with Crippen molar-refractivity contribution in [1.29, 1.82) is 0 Å². The first kappa shape index (κ1) is 12.9. The standard InChI is InChI=1S/C9H20N2O3S/c1-2-10-4-3-5-11(7-6-10)8-9-15(12,13)14/h2-9H2,1H3,(H,12,13,14). The van der Waals surface area contributed by atoms with E-state index in [-0.39, 0.29) is 5.75 Å². The number of rotatable bonds is 4. The van der Waals surface area contributed by atoms with Crippen LogP contribution in [0.1, 0.15) is 13.3 Å². The number of likely N-dealkylation sites (N-methyl/N-ethyl adjacent to an activating group) is 1. The molecule has 15 heavy (non-hydrogen) atoms. The van der Waals surface area contributed by atoms with Gasteiger partial charge in [-0.05, 0) is 26.1 Å². The van der Waals surface area contributed by atoms with Gasteiger partial charge in [-0.3, -0.25) is 4.55 Å². The molecular formula is C9H20N2O3S. The Bertz CT molecular complexity index is 279. The van der Waals surface area contributed by atoms with E-state index >= 15 is 0 Å². The Morgan fingerprint density at radius 2 is 1.73 bits per heavy atom. The first-order chi connectivity index (χ1) is 7.01. The van der Waals surface area contributed by atoms with Gasteiger partial charge in [0.05, 0.1) is 5.75 Å². The summed E-state index contributed by atoms with van der Waals surface area (Å²) in [6.45, 7) is 7.51. The summed E-state index contributed by atoms with van der Waals surface area (Å²) in [4.78, 5) is 4.46. The summed E-state index contributed by atoms with van der Waals surface area (Å²) in [5, 5.41) is 0. The molecule has 1 aliphatic rings. The van der Waals surface area contributed by atoms with Crippen LogP contribution in [0.25, 0.3) is 0 Å². The Kier molecular flexibility index (Phi) is 4.98. The van der Waals surface area contributed by atoms with E-state index in [1.54, 1.807) is 0 Å². The van der Waals surface area contributed by atoms with Gasteiger partial charge in [-0.1, -0.05) is 6.92 Å². The quantitative estimate of drug-likeness (QED) is 0.691. The summed E-state index contributed by atoms with van der Waals surface area (Å²) >= 11 is 0. The summed E-state index contributed by atoms with van der Waals surface area (Å²) in [5.41, 5.74) is 0. The number of hydrogen-bond acceptors (Lipinski definition) is 4. The van der Waals surface area contributed by atoms with E-state index in [2.05, 4.69) is 16.7 Å². The van der Waals surface area contributed by atoms with Crippen LogP contribution in [0.3, 0.4) is 0 Å². The first-order valence-electron chi connectivity index (χ1n) is 5.41. The van der Waals surface area contributed by atoms with E-state index in [0.29, 0.717) is 6.54 Å². The summed E-state index contributed by atoms with van der Waals surface area (Å²) in [6.07, 6.45) is 1.07. The molecule has 0 aliphatic carbocycles. The fourth-order valence-electron chi connectivity index (χ4n) is 1.81. The van der Waals surface area contributed by atoms with E-state index in [4.69, 9.17) is 4.55 Å². The Balaban J connectivity index is 2.31. The average molecular weight is 236 g/mol. The number of hydrogen-bond donors (Lipinski definition) is 1. The fraction of sp³-hybridized carbons (Fsp3) is 1.00. The Hall–Kier alpha value is -0.170. The molecule has 1 saturated heterocycles. The molecule has 1 heterocycles. The van der Waals surface area contributed by atoms with Crippen molar-refractivity contribution in [1.82, 2.24) is 9.80 Å². The molecule has 0 unspecified atom stereocenters. The molecule has 0 aromatic heterocycles. The van der Waals surface area contributed by atoms with Crippen molar-refractivity contribution in [2.45, 2.75) is 13.3 Å². The van der Waals surface area contributed by atoms with E-state index < -0.39 is 10.1 Å². The van der Waals surface area contributed by atoms with Crippen LogP contribution >= 0.6 is 0 Å². The van der Waals surface area contributed by atoms with Crippen LogP contribution in [0.4, 0.5) is 0 Å². The normalized spacial score (nSPS) is 21.5. The van der Waals surface area contributed by atoms with Gasteiger partial charge in [0.15, 0.2) is 0 Å². The fourth-order valence-corrected chi connectivity index (χ4v) is 2.30. The molecule has 1 N–H and O–H groups in total. The van der Waals surface area contributed by atoms with Crippen molar-refractivity contribution in [2.75, 3.05) is 45.0 Å². The molecule has 0 atom stereocenters. The molecule has 0 aromatic rings. The second-order valence-electron chi connectivity index (χ2n) is 3.92. The molecule has 0 saturated carbocycles. The van der Waals surface area contributed by atoms with Gasteiger partial charge in [-0.15, -0.1) is 0 Å². The van der Waals surface area contributed by atoms with Gasteiger partial charge < -0.3 is 9.80 Å². The Labute approximate surface area is 91.8 Å². The van der Waals surface area contributed by atoms with Gasteiger partial charge in [-0.25, -0.2) is 0 Å². The highest BCUT2D eigenvalue weighted by molar-refractivity contribution is 7.85. The van der Waals surface area contributed by atoms with E-state index in [1.807, 2.05) is 0 Å². The zero-order valence-corrected chi connectivity index (χ0v) is 10.0. The lowest BCUT2D eigenvalue weighted by Gasteiger charge is -2.19. The van der Waals surface area contributed by atoms with E-state index in [9.17, 15) is 8.42 Å². The Morgan fingerprint density at radius 3 is 2.33 bits per heavy atom. The second kappa shape index (κ2) is 5.79. The molecule has 5 nitrogen and oxygen atoms in total. The van der Waals surface area contributed by atoms with Gasteiger partial charge in [0, 0.05) is 19.6 Å². The lowest BCUT2D eigenvalue weighted by Crippen LogP contribution is -2.33. The molecule has 0 amide bonds. The Morgan fingerprint density at radius 1 is 1.13 bits per heavy atom. The highest BCUT2D eigenvalue weighted by Gasteiger charge is 2.15. The van der Waals surface area contributed by atoms with E-state index in [0.717, 1.165) is 39.1 Å². The summed E-state index contributed by atoms with van der Waals surface area (Å²) < 4.78 is 29.8. The molecule has 1 rings (SSSR count). The van der Waals surface area contributed by atoms with Crippen molar-refractivity contribution in [3.8, 4) is 0 Å². The molecule has 0 aromatic carbocycles. The lowest BCUT2D eigenvalue weighted by molar-refractivity contribution is 0.271. The second-order valence-corrected chi connectivity index (χ2v) is 5.49. The highest BCUT2D eigenvalue weighted by Crippen LogP contribution is 2.02. The molecule has 6 heteroatoms. The largest absolute Gasteiger partial charge is 0.302 e. The van der Waals surface area contributed by atoms with Crippen LogP contribution in [0, 0.1) is 0 Å². The summed E-state index contributed by atoms with van der Waals surface area (Å²) in [6, 6.07) is 0. The van der Waals surface area contributed by atoms with E-state index in [1.165, 1.54) is 0 Å². The third kappa shape index (κ3) is 5.46. The van der Waals surface area contributed by atoms with Crippen molar-refractivity contribution >= 4 is 10.1 Å². The van der Waals surface area contributed by atoms with Crippen LogP contribution < -0.4 is 0 Å². The number of nitrogens with zero attached hydrogens (tertiary/aromatic N) is 2.